The summed E-state index contributed by atoms with van der Waals surface area (Å²) in [5.41, 5.74) is 0.947. The number of esters is 1. The molecular formula is C15H15FN2O2S2. The maximum Gasteiger partial charge on any atom is 0.340 e. The second-order valence-corrected chi connectivity index (χ2v) is 6.16. The number of halogens is 1. The van der Waals surface area contributed by atoms with Gasteiger partial charge in [-0.1, -0.05) is 18.2 Å². The predicted octanol–water partition coefficient (Wildman–Crippen LogP) is 3.47. The van der Waals surface area contributed by atoms with Crippen LogP contribution in [0, 0.1) is 12.7 Å². The summed E-state index contributed by atoms with van der Waals surface area (Å²) in [5.74, 6) is -0.719. The Morgan fingerprint density at radius 2 is 2.14 bits per heavy atom. The minimum absolute atomic E-state index is 0.260. The summed E-state index contributed by atoms with van der Waals surface area (Å²) in [6.07, 6.45) is 0. The van der Waals surface area contributed by atoms with E-state index < -0.39 is 5.97 Å². The molecule has 0 bridgehead atoms. The lowest BCUT2D eigenvalue weighted by Gasteiger charge is -2.10. The summed E-state index contributed by atoms with van der Waals surface area (Å²) < 4.78 is 18.3. The van der Waals surface area contributed by atoms with Crippen LogP contribution in [0.15, 0.2) is 30.3 Å². The third-order valence-corrected chi connectivity index (χ3v) is 4.10. The van der Waals surface area contributed by atoms with Crippen molar-refractivity contribution in [1.29, 1.82) is 0 Å². The molecule has 2 N–H and O–H groups in total. The number of carbonyl (C=O) groups excluding carboxylic acids is 1. The van der Waals surface area contributed by atoms with E-state index in [2.05, 4.69) is 10.6 Å². The van der Waals surface area contributed by atoms with Gasteiger partial charge in [0.1, 0.15) is 10.8 Å². The Hall–Kier alpha value is -1.99. The van der Waals surface area contributed by atoms with E-state index in [1.54, 1.807) is 24.3 Å². The van der Waals surface area contributed by atoms with Crippen molar-refractivity contribution < 1.29 is 13.9 Å². The molecule has 0 saturated heterocycles. The second kappa shape index (κ2) is 7.33. The fourth-order valence-corrected chi connectivity index (χ4v) is 2.98. The van der Waals surface area contributed by atoms with E-state index in [1.165, 1.54) is 24.5 Å². The largest absolute Gasteiger partial charge is 0.465 e. The van der Waals surface area contributed by atoms with Crippen molar-refractivity contribution in [1.82, 2.24) is 5.32 Å². The van der Waals surface area contributed by atoms with Crippen LogP contribution in [0.1, 0.15) is 20.8 Å². The second-order valence-electron chi connectivity index (χ2n) is 4.49. The maximum absolute atomic E-state index is 13.5. The molecular weight excluding hydrogens is 323 g/mol. The molecule has 1 heterocycles. The van der Waals surface area contributed by atoms with E-state index in [-0.39, 0.29) is 12.4 Å². The number of rotatable bonds is 4. The minimum Gasteiger partial charge on any atom is -0.465 e. The van der Waals surface area contributed by atoms with Crippen molar-refractivity contribution in [3.8, 4) is 0 Å². The van der Waals surface area contributed by atoms with E-state index in [1.807, 2.05) is 6.92 Å². The molecule has 0 radical (unpaired) electrons. The molecule has 2 aromatic rings. The standard InChI is InChI=1S/C15H15FN2O2S2/c1-9-7-11(14(19)20-2)13(22-9)18-15(21)17-8-10-5-3-4-6-12(10)16/h3-7H,8H2,1-2H3,(H2,17,18,21). The number of methoxy groups -OCH3 is 1. The molecule has 0 aliphatic rings. The van der Waals surface area contributed by atoms with Gasteiger partial charge in [0, 0.05) is 17.0 Å². The lowest BCUT2D eigenvalue weighted by atomic mass is 10.2. The van der Waals surface area contributed by atoms with Crippen LogP contribution in [-0.4, -0.2) is 18.2 Å². The summed E-state index contributed by atoms with van der Waals surface area (Å²) in [5, 5.41) is 6.79. The van der Waals surface area contributed by atoms with Gasteiger partial charge in [-0.05, 0) is 31.3 Å². The Labute approximate surface area is 137 Å². The van der Waals surface area contributed by atoms with Crippen LogP contribution in [0.4, 0.5) is 9.39 Å². The van der Waals surface area contributed by atoms with Crippen molar-refractivity contribution in [2.24, 2.45) is 0 Å². The van der Waals surface area contributed by atoms with Crippen molar-refractivity contribution in [3.05, 3.63) is 52.2 Å². The number of benzene rings is 1. The average Bonchev–Trinajstić information content (AvgIpc) is 2.86. The van der Waals surface area contributed by atoms with Gasteiger partial charge in [0.25, 0.3) is 0 Å². The van der Waals surface area contributed by atoms with Crippen LogP contribution >= 0.6 is 23.6 Å². The highest BCUT2D eigenvalue weighted by atomic mass is 32.1. The van der Waals surface area contributed by atoms with Gasteiger partial charge < -0.3 is 15.4 Å². The summed E-state index contributed by atoms with van der Waals surface area (Å²) in [7, 11) is 1.33. The molecule has 0 unspecified atom stereocenters. The molecule has 2 rings (SSSR count). The van der Waals surface area contributed by atoms with Crippen molar-refractivity contribution >= 4 is 39.6 Å². The van der Waals surface area contributed by atoms with Gasteiger partial charge in [0.05, 0.1) is 12.7 Å². The Morgan fingerprint density at radius 3 is 2.82 bits per heavy atom. The molecule has 1 aromatic heterocycles. The molecule has 0 spiro atoms. The quantitative estimate of drug-likeness (QED) is 0.660. The zero-order chi connectivity index (χ0) is 16.1. The molecule has 0 aliphatic heterocycles. The fraction of sp³-hybridized carbons (Fsp3) is 0.200. The molecule has 116 valence electrons. The van der Waals surface area contributed by atoms with Gasteiger partial charge in [-0.2, -0.15) is 0 Å². The molecule has 0 atom stereocenters. The van der Waals surface area contributed by atoms with Gasteiger partial charge in [-0.3, -0.25) is 0 Å². The highest BCUT2D eigenvalue weighted by Crippen LogP contribution is 2.28. The summed E-state index contributed by atoms with van der Waals surface area (Å²) in [4.78, 5) is 12.6. The average molecular weight is 338 g/mol. The monoisotopic (exact) mass is 338 g/mol. The van der Waals surface area contributed by atoms with E-state index in [0.29, 0.717) is 21.2 Å². The van der Waals surface area contributed by atoms with Gasteiger partial charge in [-0.25, -0.2) is 9.18 Å². The minimum atomic E-state index is -0.427. The number of carbonyl (C=O) groups is 1. The summed E-state index contributed by atoms with van der Waals surface area (Å²) >= 11 is 6.58. The zero-order valence-electron chi connectivity index (χ0n) is 12.1. The lowest BCUT2D eigenvalue weighted by molar-refractivity contribution is 0.0602. The first-order chi connectivity index (χ1) is 10.5. The molecule has 4 nitrogen and oxygen atoms in total. The van der Waals surface area contributed by atoms with Crippen LogP contribution in [0.5, 0.6) is 0 Å². The molecule has 7 heteroatoms. The van der Waals surface area contributed by atoms with Gasteiger partial charge in [0.15, 0.2) is 5.11 Å². The first-order valence-electron chi connectivity index (χ1n) is 6.48. The van der Waals surface area contributed by atoms with Crippen LogP contribution in [0.2, 0.25) is 0 Å². The highest BCUT2D eigenvalue weighted by Gasteiger charge is 2.16. The van der Waals surface area contributed by atoms with E-state index in [0.717, 1.165) is 4.88 Å². The Balaban J connectivity index is 2.01. The van der Waals surface area contributed by atoms with E-state index in [9.17, 15) is 9.18 Å². The number of hydrogen-bond donors (Lipinski definition) is 2. The van der Waals surface area contributed by atoms with Crippen LogP contribution in [0.3, 0.4) is 0 Å². The number of anilines is 1. The molecule has 0 saturated carbocycles. The number of hydrogen-bond acceptors (Lipinski definition) is 4. The highest BCUT2D eigenvalue weighted by molar-refractivity contribution is 7.80. The lowest BCUT2D eigenvalue weighted by Crippen LogP contribution is -2.28. The number of thiocarbonyl (C=S) groups is 1. The third-order valence-electron chi connectivity index (χ3n) is 2.88. The first-order valence-corrected chi connectivity index (χ1v) is 7.70. The van der Waals surface area contributed by atoms with E-state index in [4.69, 9.17) is 17.0 Å². The number of thiophene rings is 1. The first kappa shape index (κ1) is 16.4. The molecule has 0 aliphatic carbocycles. The smallest absolute Gasteiger partial charge is 0.340 e. The van der Waals surface area contributed by atoms with Crippen molar-refractivity contribution in [2.45, 2.75) is 13.5 Å². The van der Waals surface area contributed by atoms with Gasteiger partial charge in [0.2, 0.25) is 0 Å². The normalized spacial score (nSPS) is 10.1. The Bertz CT molecular complexity index is 701. The fourth-order valence-electron chi connectivity index (χ4n) is 1.83. The van der Waals surface area contributed by atoms with Crippen LogP contribution < -0.4 is 10.6 Å². The Kier molecular flexibility index (Phi) is 5.46. The SMILES string of the molecule is COC(=O)c1cc(C)sc1NC(=S)NCc1ccccc1F. The molecule has 0 amide bonds. The number of nitrogens with one attached hydrogen (secondary N) is 2. The Morgan fingerprint density at radius 1 is 1.41 bits per heavy atom. The molecule has 22 heavy (non-hydrogen) atoms. The van der Waals surface area contributed by atoms with Crippen molar-refractivity contribution in [3.63, 3.8) is 0 Å². The van der Waals surface area contributed by atoms with Gasteiger partial charge in [-0.15, -0.1) is 11.3 Å². The topological polar surface area (TPSA) is 50.4 Å². The summed E-state index contributed by atoms with van der Waals surface area (Å²) in [6, 6.07) is 8.20. The molecule has 0 fully saturated rings. The number of aryl methyl sites for hydroxylation is 1. The predicted molar refractivity (Wildman–Crippen MR) is 89.9 cm³/mol. The molecule has 1 aromatic carbocycles. The maximum atomic E-state index is 13.5. The van der Waals surface area contributed by atoms with Crippen LogP contribution in [0.25, 0.3) is 0 Å². The van der Waals surface area contributed by atoms with E-state index >= 15 is 0 Å². The summed E-state index contributed by atoms with van der Waals surface area (Å²) in [6.45, 7) is 2.15. The van der Waals surface area contributed by atoms with Crippen molar-refractivity contribution in [2.75, 3.05) is 12.4 Å². The van der Waals surface area contributed by atoms with Gasteiger partial charge >= 0.3 is 5.97 Å². The zero-order valence-corrected chi connectivity index (χ0v) is 13.7. The van der Waals surface area contributed by atoms with Crippen LogP contribution in [-0.2, 0) is 11.3 Å². The third kappa shape index (κ3) is 4.02. The number of ether oxygens (including phenoxy) is 1.